The quantitative estimate of drug-likeness (QED) is 0.416. The van der Waals surface area contributed by atoms with E-state index in [2.05, 4.69) is 25.4 Å². The third-order valence-corrected chi connectivity index (χ3v) is 6.82. The minimum absolute atomic E-state index is 0.154. The molecule has 1 atom stereocenters. The van der Waals surface area contributed by atoms with Gasteiger partial charge in [0.05, 0.1) is 25.3 Å². The number of aliphatic hydroxyl groups is 1. The van der Waals surface area contributed by atoms with Gasteiger partial charge in [-0.25, -0.2) is 4.68 Å². The van der Waals surface area contributed by atoms with Crippen LogP contribution in [0, 0.1) is 0 Å². The number of aromatic amines is 1. The molecule has 36 heavy (non-hydrogen) atoms. The van der Waals surface area contributed by atoms with Crippen molar-refractivity contribution in [2.24, 2.45) is 0 Å². The maximum atomic E-state index is 13.4. The number of nitrogens with one attached hydrogen (secondary N) is 1. The molecule has 2 N–H and O–H groups in total. The van der Waals surface area contributed by atoms with E-state index in [0.29, 0.717) is 60.9 Å². The molecule has 2 aliphatic heterocycles. The van der Waals surface area contributed by atoms with Crippen molar-refractivity contribution >= 4 is 10.9 Å². The van der Waals surface area contributed by atoms with Gasteiger partial charge in [-0.2, -0.15) is 0 Å². The molecule has 0 spiro atoms. The number of rotatable bonds is 6. The minimum Gasteiger partial charge on any atom is -0.497 e. The number of aliphatic hydroxyl groups excluding tert-OH is 1. The topological polar surface area (TPSA) is 128 Å². The monoisotopic (exact) mass is 490 g/mol. The van der Waals surface area contributed by atoms with Crippen molar-refractivity contribution in [3.8, 4) is 17.2 Å². The third kappa shape index (κ3) is 4.16. The lowest BCUT2D eigenvalue weighted by Crippen LogP contribution is -2.41. The number of methoxy groups -OCH3 is 1. The van der Waals surface area contributed by atoms with E-state index in [1.807, 2.05) is 36.4 Å². The molecule has 0 radical (unpaired) electrons. The molecule has 0 bridgehead atoms. The molecule has 2 aliphatic rings. The molecule has 4 heterocycles. The summed E-state index contributed by atoms with van der Waals surface area (Å²) in [6, 6.07) is 12.7. The van der Waals surface area contributed by atoms with Crippen LogP contribution >= 0.6 is 0 Å². The molecular weight excluding hydrogens is 464 g/mol. The number of H-pyrrole nitrogens is 1. The number of piperidine rings is 1. The smallest absolute Gasteiger partial charge is 0.253 e. The number of fused-ring (bicyclic) bond motifs is 2. The van der Waals surface area contributed by atoms with Gasteiger partial charge in [-0.15, -0.1) is 5.10 Å². The number of hydrogen-bond donors (Lipinski definition) is 2. The van der Waals surface area contributed by atoms with E-state index >= 15 is 0 Å². The van der Waals surface area contributed by atoms with Gasteiger partial charge in [0.1, 0.15) is 11.8 Å². The van der Waals surface area contributed by atoms with Gasteiger partial charge in [-0.3, -0.25) is 9.69 Å². The Labute approximate surface area is 206 Å². The second-order valence-corrected chi connectivity index (χ2v) is 9.06. The van der Waals surface area contributed by atoms with Crippen molar-refractivity contribution in [1.82, 2.24) is 30.1 Å². The highest BCUT2D eigenvalue weighted by atomic mass is 16.7. The lowest BCUT2D eigenvalue weighted by Gasteiger charge is -2.35. The summed E-state index contributed by atoms with van der Waals surface area (Å²) in [7, 11) is 1.63. The Morgan fingerprint density at radius 3 is 2.64 bits per heavy atom. The largest absolute Gasteiger partial charge is 0.497 e. The number of ether oxygens (including phenoxy) is 3. The van der Waals surface area contributed by atoms with Crippen molar-refractivity contribution in [2.75, 3.05) is 27.0 Å². The van der Waals surface area contributed by atoms with Crippen LogP contribution in [0.1, 0.15) is 35.8 Å². The fourth-order valence-electron chi connectivity index (χ4n) is 4.88. The fourth-order valence-corrected chi connectivity index (χ4v) is 4.88. The molecule has 0 saturated carbocycles. The average Bonchev–Trinajstić information content (AvgIpc) is 3.54. The van der Waals surface area contributed by atoms with E-state index in [-0.39, 0.29) is 18.5 Å². The van der Waals surface area contributed by atoms with Crippen LogP contribution in [0.15, 0.2) is 47.3 Å². The van der Waals surface area contributed by atoms with E-state index in [0.717, 1.165) is 16.7 Å². The lowest BCUT2D eigenvalue weighted by molar-refractivity contribution is 0.0659. The van der Waals surface area contributed by atoms with Crippen LogP contribution in [0.25, 0.3) is 10.9 Å². The van der Waals surface area contributed by atoms with Gasteiger partial charge in [0, 0.05) is 30.1 Å². The van der Waals surface area contributed by atoms with Crippen molar-refractivity contribution in [3.05, 3.63) is 69.8 Å². The van der Waals surface area contributed by atoms with E-state index < -0.39 is 6.04 Å². The van der Waals surface area contributed by atoms with Gasteiger partial charge in [-0.05, 0) is 53.1 Å². The van der Waals surface area contributed by atoms with E-state index in [4.69, 9.17) is 14.2 Å². The predicted molar refractivity (Wildman–Crippen MR) is 129 cm³/mol. The molecule has 11 nitrogen and oxygen atoms in total. The van der Waals surface area contributed by atoms with Crippen LogP contribution in [-0.2, 0) is 6.54 Å². The number of likely N-dealkylation sites (tertiary alicyclic amines) is 1. The molecule has 6 rings (SSSR count). The second kappa shape index (κ2) is 9.25. The summed E-state index contributed by atoms with van der Waals surface area (Å²) in [5, 5.41) is 23.5. The standard InChI is InChI=1S/C25H26N6O5/c1-34-18-4-2-15(3-5-18)13-31-24(27-28-29-31)23(30-8-6-17(32)7-9-30)19-10-16-11-21-22(36-14-35-21)12-20(16)26-25(19)33/h2-5,10-12,17,23,32H,6-9,13-14H2,1H3,(H,26,33)/t23-/m1/s1. The highest BCUT2D eigenvalue weighted by Crippen LogP contribution is 2.36. The second-order valence-electron chi connectivity index (χ2n) is 9.06. The molecule has 0 aliphatic carbocycles. The van der Waals surface area contributed by atoms with E-state index in [9.17, 15) is 9.90 Å². The Kier molecular flexibility index (Phi) is 5.78. The summed E-state index contributed by atoms with van der Waals surface area (Å²) in [6.07, 6.45) is 0.869. The Balaban J connectivity index is 1.43. The molecule has 1 fully saturated rings. The van der Waals surface area contributed by atoms with Crippen LogP contribution < -0.4 is 19.8 Å². The van der Waals surface area contributed by atoms with Crippen molar-refractivity contribution in [3.63, 3.8) is 0 Å². The van der Waals surface area contributed by atoms with Crippen LogP contribution in [0.4, 0.5) is 0 Å². The Bertz CT molecular complexity index is 1440. The summed E-state index contributed by atoms with van der Waals surface area (Å²) in [5.74, 6) is 2.58. The Morgan fingerprint density at radius 2 is 1.89 bits per heavy atom. The van der Waals surface area contributed by atoms with Crippen LogP contribution in [0.3, 0.4) is 0 Å². The van der Waals surface area contributed by atoms with Gasteiger partial charge < -0.3 is 24.3 Å². The summed E-state index contributed by atoms with van der Waals surface area (Å²) < 4.78 is 18.0. The molecule has 2 aromatic carbocycles. The van der Waals surface area contributed by atoms with Crippen molar-refractivity contribution in [2.45, 2.75) is 31.5 Å². The van der Waals surface area contributed by atoms with Gasteiger partial charge in [0.25, 0.3) is 5.56 Å². The summed E-state index contributed by atoms with van der Waals surface area (Å²) >= 11 is 0. The zero-order valence-electron chi connectivity index (χ0n) is 19.8. The zero-order chi connectivity index (χ0) is 24.6. The molecule has 11 heteroatoms. The number of nitrogens with zero attached hydrogens (tertiary/aromatic N) is 5. The first-order chi connectivity index (χ1) is 17.6. The summed E-state index contributed by atoms with van der Waals surface area (Å²) in [5.41, 5.74) is 1.97. The first-order valence-corrected chi connectivity index (χ1v) is 11.9. The first-order valence-electron chi connectivity index (χ1n) is 11.9. The summed E-state index contributed by atoms with van der Waals surface area (Å²) in [6.45, 7) is 1.81. The van der Waals surface area contributed by atoms with Crippen molar-refractivity contribution < 1.29 is 19.3 Å². The maximum Gasteiger partial charge on any atom is 0.253 e. The molecule has 0 amide bonds. The van der Waals surface area contributed by atoms with Gasteiger partial charge in [0.15, 0.2) is 17.3 Å². The SMILES string of the molecule is COc1ccc(Cn2nnnc2[C@@H](c2cc3cc4c(cc3[nH]c2=O)OCO4)N2CCC(O)CC2)cc1. The number of pyridine rings is 1. The van der Waals surface area contributed by atoms with E-state index in [1.165, 1.54) is 0 Å². The summed E-state index contributed by atoms with van der Waals surface area (Å²) in [4.78, 5) is 18.6. The molecule has 2 aromatic heterocycles. The van der Waals surface area contributed by atoms with Gasteiger partial charge in [0.2, 0.25) is 6.79 Å². The third-order valence-electron chi connectivity index (χ3n) is 6.82. The highest BCUT2D eigenvalue weighted by Gasteiger charge is 2.33. The lowest BCUT2D eigenvalue weighted by atomic mass is 9.99. The van der Waals surface area contributed by atoms with Gasteiger partial charge in [-0.1, -0.05) is 12.1 Å². The number of aromatic nitrogens is 5. The molecule has 1 saturated heterocycles. The Morgan fingerprint density at radius 1 is 1.14 bits per heavy atom. The van der Waals surface area contributed by atoms with Gasteiger partial charge >= 0.3 is 0 Å². The predicted octanol–water partition coefficient (Wildman–Crippen LogP) is 1.85. The molecule has 4 aromatic rings. The minimum atomic E-state index is -0.496. The fraction of sp³-hybridized carbons (Fsp3) is 0.360. The number of hydrogen-bond acceptors (Lipinski definition) is 9. The van der Waals surface area contributed by atoms with Crippen LogP contribution in [0.2, 0.25) is 0 Å². The normalized spacial score (nSPS) is 16.9. The van der Waals surface area contributed by atoms with Crippen LogP contribution in [-0.4, -0.2) is 68.3 Å². The number of benzene rings is 2. The maximum absolute atomic E-state index is 13.4. The zero-order valence-corrected chi connectivity index (χ0v) is 19.8. The highest BCUT2D eigenvalue weighted by molar-refractivity contribution is 5.83. The average molecular weight is 491 g/mol. The van der Waals surface area contributed by atoms with Crippen LogP contribution in [0.5, 0.6) is 17.2 Å². The first kappa shape index (κ1) is 22.5. The molecule has 186 valence electrons. The number of tetrazole rings is 1. The van der Waals surface area contributed by atoms with Crippen molar-refractivity contribution in [1.29, 1.82) is 0 Å². The molecular formula is C25H26N6O5. The molecule has 0 unspecified atom stereocenters. The Hall–Kier alpha value is -3.96. The van der Waals surface area contributed by atoms with E-state index in [1.54, 1.807) is 17.9 Å².